The van der Waals surface area contributed by atoms with Gasteiger partial charge >= 0.3 is 0 Å². The topological polar surface area (TPSA) is 92.3 Å². The Balaban J connectivity index is 1.41. The highest BCUT2D eigenvalue weighted by atomic mass is 32.2. The molecule has 0 spiro atoms. The third kappa shape index (κ3) is 5.07. The van der Waals surface area contributed by atoms with Crippen molar-refractivity contribution in [2.75, 3.05) is 15.4 Å². The van der Waals surface area contributed by atoms with Crippen LogP contribution in [-0.2, 0) is 21.4 Å². The lowest BCUT2D eigenvalue weighted by Gasteiger charge is -2.31. The maximum atomic E-state index is 13.8. The molecule has 1 amide bonds. The fraction of sp³-hybridized carbons (Fsp3) is 0.148. The number of rotatable bonds is 6. The number of aromatic nitrogens is 2. The van der Waals surface area contributed by atoms with Crippen molar-refractivity contribution < 1.29 is 17.6 Å². The van der Waals surface area contributed by atoms with Gasteiger partial charge < -0.3 is 5.32 Å². The molecule has 0 bridgehead atoms. The van der Waals surface area contributed by atoms with Crippen molar-refractivity contribution in [2.45, 2.75) is 30.4 Å². The number of aryl methyl sites for hydroxylation is 2. The van der Waals surface area contributed by atoms with Crippen molar-refractivity contribution in [3.63, 3.8) is 0 Å². The number of fused-ring (bicyclic) bond motifs is 3. The molecule has 0 saturated carbocycles. The molecule has 188 valence electrons. The molecule has 37 heavy (non-hydrogen) atoms. The van der Waals surface area contributed by atoms with Crippen molar-refractivity contribution in [1.29, 1.82) is 0 Å². The molecule has 0 saturated heterocycles. The largest absolute Gasteiger partial charge is 0.325 e. The highest BCUT2D eigenvalue weighted by Gasteiger charge is 2.36. The molecule has 0 atom stereocenters. The number of sulfonamides is 1. The summed E-state index contributed by atoms with van der Waals surface area (Å²) >= 11 is 1.13. The Hall–Kier alpha value is -3.76. The van der Waals surface area contributed by atoms with Crippen LogP contribution < -0.4 is 9.62 Å². The van der Waals surface area contributed by atoms with Gasteiger partial charge in [0.15, 0.2) is 5.16 Å². The van der Waals surface area contributed by atoms with Crippen LogP contribution in [0.25, 0.3) is 11.3 Å². The third-order valence-electron chi connectivity index (χ3n) is 5.94. The van der Waals surface area contributed by atoms with E-state index in [1.807, 2.05) is 32.0 Å². The molecule has 1 aliphatic rings. The molecule has 0 fully saturated rings. The van der Waals surface area contributed by atoms with Crippen molar-refractivity contribution >= 4 is 39.1 Å². The molecule has 1 aromatic heterocycles. The summed E-state index contributed by atoms with van der Waals surface area (Å²) in [6, 6.07) is 18.7. The number of benzene rings is 3. The predicted octanol–water partition coefficient (Wildman–Crippen LogP) is 5.34. The van der Waals surface area contributed by atoms with Gasteiger partial charge in [-0.1, -0.05) is 54.2 Å². The lowest BCUT2D eigenvalue weighted by atomic mass is 10.1. The van der Waals surface area contributed by atoms with Crippen molar-refractivity contribution in [3.8, 4) is 11.3 Å². The van der Waals surface area contributed by atoms with Gasteiger partial charge in [0.25, 0.3) is 10.0 Å². The second-order valence-corrected chi connectivity index (χ2v) is 11.5. The molecular formula is C27H23FN4O3S2. The van der Waals surface area contributed by atoms with Gasteiger partial charge in [-0.2, -0.15) is 0 Å². The predicted molar refractivity (Wildman–Crippen MR) is 143 cm³/mol. The summed E-state index contributed by atoms with van der Waals surface area (Å²) in [5, 5.41) is 3.19. The summed E-state index contributed by atoms with van der Waals surface area (Å²) < 4.78 is 42.2. The first-order chi connectivity index (χ1) is 17.7. The Morgan fingerprint density at radius 3 is 2.68 bits per heavy atom. The molecule has 0 aliphatic carbocycles. The number of para-hydroxylation sites is 1. The van der Waals surface area contributed by atoms with Crippen LogP contribution >= 0.6 is 11.8 Å². The summed E-state index contributed by atoms with van der Waals surface area (Å²) in [4.78, 5) is 21.3. The summed E-state index contributed by atoms with van der Waals surface area (Å²) in [7, 11) is -4.01. The maximum Gasteiger partial charge on any atom is 0.268 e. The Morgan fingerprint density at radius 1 is 1.05 bits per heavy atom. The van der Waals surface area contributed by atoms with Crippen LogP contribution in [0.15, 0.2) is 83.0 Å². The summed E-state index contributed by atoms with van der Waals surface area (Å²) in [6.07, 6.45) is 1.27. The fourth-order valence-corrected chi connectivity index (χ4v) is 6.28. The molecule has 0 unspecified atom stereocenters. The zero-order chi connectivity index (χ0) is 26.2. The standard InChI is InChI=1S/C27H23FN4O3S2/c1-17-10-11-18(2)22(12-17)30-25(33)16-36-27-29-14-24-26(31-27)21-8-3-4-9-23(21)32(37(24,34)35)15-19-6-5-7-20(28)13-19/h3-14H,15-16H2,1-2H3,(H,30,33). The minimum Gasteiger partial charge on any atom is -0.325 e. The average molecular weight is 535 g/mol. The lowest BCUT2D eigenvalue weighted by molar-refractivity contribution is -0.113. The van der Waals surface area contributed by atoms with Crippen LogP contribution in [0.2, 0.25) is 0 Å². The molecule has 10 heteroatoms. The molecule has 3 aromatic carbocycles. The Labute approximate surface area is 218 Å². The minimum absolute atomic E-state index is 0.0354. The van der Waals surface area contributed by atoms with Gasteiger partial charge in [-0.05, 0) is 54.8 Å². The van der Waals surface area contributed by atoms with Gasteiger partial charge in [0, 0.05) is 11.3 Å². The summed E-state index contributed by atoms with van der Waals surface area (Å²) in [5.74, 6) is -0.590. The van der Waals surface area contributed by atoms with Gasteiger partial charge in [-0.15, -0.1) is 0 Å². The molecule has 5 rings (SSSR count). The minimum atomic E-state index is -4.01. The molecule has 4 aromatic rings. The normalized spacial score (nSPS) is 13.5. The number of carbonyl (C=O) groups excluding carboxylic acids is 1. The van der Waals surface area contributed by atoms with E-state index in [2.05, 4.69) is 15.3 Å². The molecular weight excluding hydrogens is 511 g/mol. The lowest BCUT2D eigenvalue weighted by Crippen LogP contribution is -2.34. The van der Waals surface area contributed by atoms with E-state index in [-0.39, 0.29) is 28.8 Å². The molecule has 7 nitrogen and oxygen atoms in total. The number of hydrogen-bond donors (Lipinski definition) is 1. The molecule has 2 heterocycles. The highest BCUT2D eigenvalue weighted by molar-refractivity contribution is 7.99. The summed E-state index contributed by atoms with van der Waals surface area (Å²) in [5.41, 5.74) is 4.60. The smallest absolute Gasteiger partial charge is 0.268 e. The second-order valence-electron chi connectivity index (χ2n) is 8.68. The van der Waals surface area contributed by atoms with Gasteiger partial charge in [-0.3, -0.25) is 9.10 Å². The number of carbonyl (C=O) groups is 1. The summed E-state index contributed by atoms with van der Waals surface area (Å²) in [6.45, 7) is 3.84. The van der Waals surface area contributed by atoms with E-state index in [0.717, 1.165) is 28.6 Å². The Morgan fingerprint density at radius 2 is 1.86 bits per heavy atom. The van der Waals surface area contributed by atoms with E-state index in [1.54, 1.807) is 36.4 Å². The molecule has 1 aliphatic heterocycles. The van der Waals surface area contributed by atoms with Crippen molar-refractivity contribution in [1.82, 2.24) is 9.97 Å². The van der Waals surface area contributed by atoms with Crippen LogP contribution in [0.4, 0.5) is 15.8 Å². The van der Waals surface area contributed by atoms with Crippen LogP contribution in [0.5, 0.6) is 0 Å². The Bertz CT molecular complexity index is 1630. The van der Waals surface area contributed by atoms with E-state index < -0.39 is 15.8 Å². The zero-order valence-corrected chi connectivity index (χ0v) is 21.7. The fourth-order valence-electron chi connectivity index (χ4n) is 4.10. The van der Waals surface area contributed by atoms with Gasteiger partial charge in [0.05, 0.1) is 29.9 Å². The van der Waals surface area contributed by atoms with Gasteiger partial charge in [-0.25, -0.2) is 22.8 Å². The number of thioether (sulfide) groups is 1. The molecule has 0 radical (unpaired) electrons. The second kappa shape index (κ2) is 9.95. The number of hydrogen-bond acceptors (Lipinski definition) is 6. The maximum absolute atomic E-state index is 13.8. The average Bonchev–Trinajstić information content (AvgIpc) is 2.87. The van der Waals surface area contributed by atoms with Gasteiger partial charge in [0.1, 0.15) is 10.7 Å². The third-order valence-corrected chi connectivity index (χ3v) is 8.57. The van der Waals surface area contributed by atoms with E-state index >= 15 is 0 Å². The van der Waals surface area contributed by atoms with Crippen LogP contribution in [-0.4, -0.2) is 30.0 Å². The number of amides is 1. The number of nitrogens with one attached hydrogen (secondary N) is 1. The van der Waals surface area contributed by atoms with E-state index in [0.29, 0.717) is 22.0 Å². The molecule has 1 N–H and O–H groups in total. The Kier molecular flexibility index (Phi) is 6.70. The van der Waals surface area contributed by atoms with E-state index in [4.69, 9.17) is 0 Å². The quantitative estimate of drug-likeness (QED) is 0.265. The van der Waals surface area contributed by atoms with E-state index in [1.165, 1.54) is 22.6 Å². The number of anilines is 2. The van der Waals surface area contributed by atoms with Crippen molar-refractivity contribution in [2.24, 2.45) is 0 Å². The van der Waals surface area contributed by atoms with Gasteiger partial charge in [0.2, 0.25) is 5.91 Å². The van der Waals surface area contributed by atoms with Crippen molar-refractivity contribution in [3.05, 3.63) is 95.4 Å². The van der Waals surface area contributed by atoms with Crippen LogP contribution in [0.1, 0.15) is 16.7 Å². The first kappa shape index (κ1) is 24.9. The zero-order valence-electron chi connectivity index (χ0n) is 20.1. The first-order valence-corrected chi connectivity index (χ1v) is 13.9. The van der Waals surface area contributed by atoms with E-state index in [9.17, 15) is 17.6 Å². The number of halogens is 1. The SMILES string of the molecule is Cc1ccc(C)c(NC(=O)CSc2ncc3c(n2)-c2ccccc2N(Cc2cccc(F)c2)S3(=O)=O)c1. The van der Waals surface area contributed by atoms with Crippen LogP contribution in [0.3, 0.4) is 0 Å². The first-order valence-electron chi connectivity index (χ1n) is 11.5. The monoisotopic (exact) mass is 534 g/mol. The number of nitrogens with zero attached hydrogens (tertiary/aromatic N) is 3. The highest BCUT2D eigenvalue weighted by Crippen LogP contribution is 2.42. The van der Waals surface area contributed by atoms with Crippen LogP contribution in [0, 0.1) is 19.7 Å².